The van der Waals surface area contributed by atoms with Crippen molar-refractivity contribution in [2.45, 2.75) is 44.1 Å². The molecule has 0 amide bonds. The van der Waals surface area contributed by atoms with Crippen LogP contribution in [0.1, 0.15) is 33.6 Å². The molecule has 1 aliphatic heterocycles. The predicted octanol–water partition coefficient (Wildman–Crippen LogP) is 3.73. The topological polar surface area (TPSA) is 49.2 Å². The molecule has 0 bridgehead atoms. The highest BCUT2D eigenvalue weighted by Gasteiger charge is 2.42. The molecule has 1 aromatic heterocycles. The Hall–Kier alpha value is -1.33. The first kappa shape index (κ1) is 16.5. The molecule has 3 rings (SSSR count). The molecule has 1 aliphatic rings. The predicted molar refractivity (Wildman–Crippen MR) is 97.2 cm³/mol. The van der Waals surface area contributed by atoms with Crippen LogP contribution in [0.4, 0.5) is 5.82 Å². The van der Waals surface area contributed by atoms with E-state index in [-0.39, 0.29) is 5.41 Å². The van der Waals surface area contributed by atoms with Crippen LogP contribution in [-0.2, 0) is 0 Å². The number of benzene rings is 1. The van der Waals surface area contributed by atoms with Gasteiger partial charge in [0.2, 0.25) is 0 Å². The van der Waals surface area contributed by atoms with Gasteiger partial charge in [0.15, 0.2) is 0 Å². The SMILES string of the molecule is CSc1ccc2ncnc(N3CCC(O)(C(C)(C)C)CC3)c2c1. The number of nitrogens with zero attached hydrogens (tertiary/aromatic N) is 3. The zero-order valence-corrected chi connectivity index (χ0v) is 15.2. The second kappa shape index (κ2) is 5.95. The van der Waals surface area contributed by atoms with Crippen LogP contribution < -0.4 is 4.90 Å². The van der Waals surface area contributed by atoms with Crippen LogP contribution in [0, 0.1) is 5.41 Å². The average molecular weight is 331 g/mol. The van der Waals surface area contributed by atoms with E-state index in [1.807, 2.05) is 0 Å². The Labute approximate surface area is 142 Å². The van der Waals surface area contributed by atoms with Crippen molar-refractivity contribution >= 4 is 28.5 Å². The van der Waals surface area contributed by atoms with Crippen molar-refractivity contribution < 1.29 is 5.11 Å². The van der Waals surface area contributed by atoms with E-state index in [9.17, 15) is 5.11 Å². The van der Waals surface area contributed by atoms with E-state index in [4.69, 9.17) is 0 Å². The van der Waals surface area contributed by atoms with Crippen LogP contribution in [0.5, 0.6) is 0 Å². The standard InChI is InChI=1S/C18H25N3OS/c1-17(2,3)18(22)7-9-21(10-8-18)16-14-11-13(23-4)5-6-15(14)19-12-20-16/h5-6,11-12,22H,7-10H2,1-4H3. The molecule has 0 saturated carbocycles. The van der Waals surface area contributed by atoms with Crippen LogP contribution >= 0.6 is 11.8 Å². The van der Waals surface area contributed by atoms with Crippen molar-refractivity contribution in [1.82, 2.24) is 9.97 Å². The lowest BCUT2D eigenvalue weighted by Crippen LogP contribution is -2.52. The molecule has 0 unspecified atom stereocenters. The van der Waals surface area contributed by atoms with Crippen LogP contribution in [-0.4, -0.2) is 40.0 Å². The molecule has 124 valence electrons. The largest absolute Gasteiger partial charge is 0.389 e. The fourth-order valence-corrected chi connectivity index (χ4v) is 3.68. The summed E-state index contributed by atoms with van der Waals surface area (Å²) in [4.78, 5) is 12.4. The van der Waals surface area contributed by atoms with Crippen molar-refractivity contribution in [3.8, 4) is 0 Å². The van der Waals surface area contributed by atoms with Gasteiger partial charge in [-0.05, 0) is 42.7 Å². The van der Waals surface area contributed by atoms with Gasteiger partial charge in [-0.2, -0.15) is 0 Å². The average Bonchev–Trinajstić information content (AvgIpc) is 2.53. The van der Waals surface area contributed by atoms with E-state index in [0.29, 0.717) is 0 Å². The summed E-state index contributed by atoms with van der Waals surface area (Å²) >= 11 is 1.73. The lowest BCUT2D eigenvalue weighted by atomic mass is 9.71. The lowest BCUT2D eigenvalue weighted by molar-refractivity contribution is -0.0754. The van der Waals surface area contributed by atoms with Crippen molar-refractivity contribution in [2.24, 2.45) is 5.41 Å². The van der Waals surface area contributed by atoms with Crippen molar-refractivity contribution in [2.75, 3.05) is 24.2 Å². The van der Waals surface area contributed by atoms with E-state index in [2.05, 4.69) is 60.1 Å². The summed E-state index contributed by atoms with van der Waals surface area (Å²) in [6.07, 6.45) is 5.25. The summed E-state index contributed by atoms with van der Waals surface area (Å²) in [5.74, 6) is 0.988. The van der Waals surface area contributed by atoms with Gasteiger partial charge in [-0.15, -0.1) is 11.8 Å². The van der Waals surface area contributed by atoms with E-state index >= 15 is 0 Å². The lowest BCUT2D eigenvalue weighted by Gasteiger charge is -2.46. The molecule has 23 heavy (non-hydrogen) atoms. The number of aliphatic hydroxyl groups is 1. The number of hydrogen-bond donors (Lipinski definition) is 1. The molecule has 1 saturated heterocycles. The number of aromatic nitrogens is 2. The zero-order valence-electron chi connectivity index (χ0n) is 14.3. The first-order chi connectivity index (χ1) is 10.8. The third-order valence-electron chi connectivity index (χ3n) is 5.11. The van der Waals surface area contributed by atoms with Crippen molar-refractivity contribution in [1.29, 1.82) is 0 Å². The summed E-state index contributed by atoms with van der Waals surface area (Å²) in [6.45, 7) is 8.00. The van der Waals surface area contributed by atoms with Gasteiger partial charge in [-0.1, -0.05) is 20.8 Å². The molecular weight excluding hydrogens is 306 g/mol. The molecule has 5 heteroatoms. The van der Waals surface area contributed by atoms with E-state index in [1.54, 1.807) is 18.1 Å². The third-order valence-corrected chi connectivity index (χ3v) is 5.83. The molecule has 0 spiro atoms. The second-order valence-corrected chi connectivity index (χ2v) is 8.23. The smallest absolute Gasteiger partial charge is 0.139 e. The minimum atomic E-state index is -0.600. The van der Waals surface area contributed by atoms with Gasteiger partial charge in [-0.3, -0.25) is 0 Å². The maximum atomic E-state index is 10.9. The Morgan fingerprint density at radius 2 is 1.87 bits per heavy atom. The van der Waals surface area contributed by atoms with Crippen molar-refractivity contribution in [3.05, 3.63) is 24.5 Å². The van der Waals surface area contributed by atoms with Gasteiger partial charge in [0.05, 0.1) is 11.1 Å². The summed E-state index contributed by atoms with van der Waals surface area (Å²) < 4.78 is 0. The van der Waals surface area contributed by atoms with E-state index in [0.717, 1.165) is 42.7 Å². The highest BCUT2D eigenvalue weighted by atomic mass is 32.2. The molecular formula is C18H25N3OS. The van der Waals surface area contributed by atoms with Crippen LogP contribution in [0.25, 0.3) is 10.9 Å². The van der Waals surface area contributed by atoms with Gasteiger partial charge in [0.1, 0.15) is 12.1 Å². The van der Waals surface area contributed by atoms with Crippen molar-refractivity contribution in [3.63, 3.8) is 0 Å². The molecule has 0 atom stereocenters. The number of hydrogen-bond acceptors (Lipinski definition) is 5. The summed E-state index contributed by atoms with van der Waals surface area (Å²) in [6, 6.07) is 6.32. The molecule has 2 heterocycles. The molecule has 1 N–H and O–H groups in total. The molecule has 0 aliphatic carbocycles. The molecule has 0 radical (unpaired) electrons. The van der Waals surface area contributed by atoms with Gasteiger partial charge in [-0.25, -0.2) is 9.97 Å². The highest BCUT2D eigenvalue weighted by Crippen LogP contribution is 2.40. The second-order valence-electron chi connectivity index (χ2n) is 7.35. The number of rotatable bonds is 2. The van der Waals surface area contributed by atoms with Gasteiger partial charge < -0.3 is 10.0 Å². The fourth-order valence-electron chi connectivity index (χ4n) is 3.24. The Kier molecular flexibility index (Phi) is 4.27. The zero-order chi connectivity index (χ0) is 16.7. The van der Waals surface area contributed by atoms with Crippen LogP contribution in [0.3, 0.4) is 0 Å². The maximum Gasteiger partial charge on any atom is 0.139 e. The van der Waals surface area contributed by atoms with Gasteiger partial charge in [0, 0.05) is 23.4 Å². The van der Waals surface area contributed by atoms with E-state index in [1.165, 1.54) is 4.90 Å². The van der Waals surface area contributed by atoms with Crippen LogP contribution in [0.2, 0.25) is 0 Å². The van der Waals surface area contributed by atoms with Gasteiger partial charge in [0.25, 0.3) is 0 Å². The molecule has 1 aromatic carbocycles. The number of anilines is 1. The Balaban J connectivity index is 1.90. The monoisotopic (exact) mass is 331 g/mol. The van der Waals surface area contributed by atoms with E-state index < -0.39 is 5.60 Å². The van der Waals surface area contributed by atoms with Crippen LogP contribution in [0.15, 0.2) is 29.4 Å². The van der Waals surface area contributed by atoms with Gasteiger partial charge >= 0.3 is 0 Å². The normalized spacial score (nSPS) is 18.4. The number of piperidine rings is 1. The summed E-state index contributed by atoms with van der Waals surface area (Å²) in [5, 5.41) is 12.0. The first-order valence-electron chi connectivity index (χ1n) is 8.10. The number of thioether (sulfide) groups is 1. The quantitative estimate of drug-likeness (QED) is 0.850. The summed E-state index contributed by atoms with van der Waals surface area (Å²) in [7, 11) is 0. The number of fused-ring (bicyclic) bond motifs is 1. The highest BCUT2D eigenvalue weighted by molar-refractivity contribution is 7.98. The Morgan fingerprint density at radius 3 is 2.48 bits per heavy atom. The summed E-state index contributed by atoms with van der Waals surface area (Å²) in [5.41, 5.74) is 0.278. The molecule has 4 nitrogen and oxygen atoms in total. The molecule has 1 fully saturated rings. The minimum absolute atomic E-state index is 0.0984. The Bertz CT molecular complexity index is 703. The fraction of sp³-hybridized carbons (Fsp3) is 0.556. The third kappa shape index (κ3) is 3.04. The Morgan fingerprint density at radius 1 is 1.17 bits per heavy atom. The maximum absolute atomic E-state index is 10.9. The first-order valence-corrected chi connectivity index (χ1v) is 9.33. The molecule has 2 aromatic rings. The minimum Gasteiger partial charge on any atom is -0.389 e.